The summed E-state index contributed by atoms with van der Waals surface area (Å²) >= 11 is 0. The van der Waals surface area contributed by atoms with Gasteiger partial charge in [-0.15, -0.1) is 0 Å². The van der Waals surface area contributed by atoms with Crippen LogP contribution in [0.2, 0.25) is 0 Å². The predicted molar refractivity (Wildman–Crippen MR) is 119 cm³/mol. The number of ether oxygens (including phenoxy) is 2. The zero-order chi connectivity index (χ0) is 22.9. The number of phenols is 1. The number of aromatic nitrogens is 2. The minimum Gasteiger partial charge on any atom is -0.508 e. The molecule has 0 unspecified atom stereocenters. The van der Waals surface area contributed by atoms with Crippen molar-refractivity contribution in [2.45, 2.75) is 0 Å². The van der Waals surface area contributed by atoms with Gasteiger partial charge in [0.25, 0.3) is 0 Å². The van der Waals surface area contributed by atoms with Gasteiger partial charge in [-0.05, 0) is 36.4 Å². The number of nitrogens with one attached hydrogen (secondary N) is 3. The van der Waals surface area contributed by atoms with Crippen molar-refractivity contribution in [2.75, 3.05) is 36.3 Å². The summed E-state index contributed by atoms with van der Waals surface area (Å²) < 4.78 is 24.7. The molecule has 4 N–H and O–H groups in total. The van der Waals surface area contributed by atoms with Crippen molar-refractivity contribution in [3.8, 4) is 11.5 Å². The molecule has 0 radical (unpaired) electrons. The first-order valence-corrected chi connectivity index (χ1v) is 9.52. The number of hydrogen-bond donors (Lipinski definition) is 4. The SMILES string of the molecule is C=CC(=O)Nc1cc(O)cc(Nc2nc(Nc3ccc(OCCOC)cc3)ncc2F)c1. The first-order valence-electron chi connectivity index (χ1n) is 9.52. The van der Waals surface area contributed by atoms with Gasteiger partial charge >= 0.3 is 0 Å². The van der Waals surface area contributed by atoms with Crippen molar-refractivity contribution < 1.29 is 23.8 Å². The van der Waals surface area contributed by atoms with Gasteiger partial charge in [-0.1, -0.05) is 6.58 Å². The lowest BCUT2D eigenvalue weighted by atomic mass is 10.2. The largest absolute Gasteiger partial charge is 0.508 e. The van der Waals surface area contributed by atoms with E-state index in [9.17, 15) is 14.3 Å². The summed E-state index contributed by atoms with van der Waals surface area (Å²) in [4.78, 5) is 19.6. The van der Waals surface area contributed by atoms with Crippen LogP contribution in [0, 0.1) is 5.82 Å². The number of carbonyl (C=O) groups is 1. The van der Waals surface area contributed by atoms with Crippen LogP contribution in [0.5, 0.6) is 11.5 Å². The van der Waals surface area contributed by atoms with Gasteiger partial charge in [0, 0.05) is 36.3 Å². The van der Waals surface area contributed by atoms with Gasteiger partial charge in [0.05, 0.1) is 12.8 Å². The molecule has 166 valence electrons. The maximum atomic E-state index is 14.3. The summed E-state index contributed by atoms with van der Waals surface area (Å²) in [5.41, 5.74) is 1.29. The summed E-state index contributed by atoms with van der Waals surface area (Å²) in [6.45, 7) is 4.30. The molecule has 3 aromatic rings. The summed E-state index contributed by atoms with van der Waals surface area (Å²) in [5.74, 6) is -0.557. The summed E-state index contributed by atoms with van der Waals surface area (Å²) in [6, 6.07) is 11.3. The molecule has 0 aliphatic heterocycles. The minimum atomic E-state index is -0.697. The molecule has 10 heteroatoms. The third-order valence-corrected chi connectivity index (χ3v) is 4.04. The highest BCUT2D eigenvalue weighted by Crippen LogP contribution is 2.27. The van der Waals surface area contributed by atoms with Gasteiger partial charge in [0.1, 0.15) is 18.1 Å². The van der Waals surface area contributed by atoms with Crippen molar-refractivity contribution >= 4 is 34.7 Å². The van der Waals surface area contributed by atoms with Crippen LogP contribution in [-0.2, 0) is 9.53 Å². The molecule has 0 aliphatic rings. The van der Waals surface area contributed by atoms with Gasteiger partial charge in [0.15, 0.2) is 11.6 Å². The van der Waals surface area contributed by atoms with Gasteiger partial charge in [-0.25, -0.2) is 9.37 Å². The van der Waals surface area contributed by atoms with Crippen LogP contribution in [0.15, 0.2) is 61.3 Å². The Kier molecular flexibility index (Phi) is 7.55. The molecule has 0 bridgehead atoms. The molecule has 0 saturated carbocycles. The van der Waals surface area contributed by atoms with Gasteiger partial charge < -0.3 is 30.5 Å². The lowest BCUT2D eigenvalue weighted by molar-refractivity contribution is -0.111. The number of methoxy groups -OCH3 is 1. The van der Waals surface area contributed by atoms with Gasteiger partial charge in [0.2, 0.25) is 11.9 Å². The number of rotatable bonds is 10. The number of amides is 1. The second-order valence-electron chi connectivity index (χ2n) is 6.47. The number of hydrogen-bond acceptors (Lipinski definition) is 8. The Morgan fingerprint density at radius 1 is 1.12 bits per heavy atom. The minimum absolute atomic E-state index is 0.117. The molecule has 9 nitrogen and oxygen atoms in total. The van der Waals surface area contributed by atoms with Crippen LogP contribution < -0.4 is 20.7 Å². The predicted octanol–water partition coefficient (Wildman–Crippen LogP) is 3.96. The van der Waals surface area contributed by atoms with Crippen molar-refractivity contribution in [3.05, 3.63) is 67.1 Å². The number of aromatic hydroxyl groups is 1. The fraction of sp³-hybridized carbons (Fsp3) is 0.136. The highest BCUT2D eigenvalue weighted by atomic mass is 19.1. The molecule has 3 rings (SSSR count). The molecule has 1 aromatic heterocycles. The normalized spacial score (nSPS) is 10.3. The van der Waals surface area contributed by atoms with Crippen molar-refractivity contribution in [1.82, 2.24) is 9.97 Å². The van der Waals surface area contributed by atoms with Crippen molar-refractivity contribution in [2.24, 2.45) is 0 Å². The zero-order valence-electron chi connectivity index (χ0n) is 17.3. The van der Waals surface area contributed by atoms with Gasteiger partial charge in [-0.3, -0.25) is 4.79 Å². The van der Waals surface area contributed by atoms with Crippen LogP contribution >= 0.6 is 0 Å². The van der Waals surface area contributed by atoms with Crippen LogP contribution in [0.4, 0.5) is 33.2 Å². The van der Waals surface area contributed by atoms with E-state index in [-0.39, 0.29) is 17.5 Å². The molecule has 1 amide bonds. The van der Waals surface area contributed by atoms with E-state index in [0.717, 1.165) is 12.3 Å². The van der Waals surface area contributed by atoms with Crippen LogP contribution in [0.1, 0.15) is 0 Å². The van der Waals surface area contributed by atoms with Gasteiger partial charge in [-0.2, -0.15) is 4.98 Å². The maximum absolute atomic E-state index is 14.3. The van der Waals surface area contributed by atoms with E-state index in [2.05, 4.69) is 32.5 Å². The highest BCUT2D eigenvalue weighted by molar-refractivity contribution is 5.99. The Hall–Kier alpha value is -4.18. The summed E-state index contributed by atoms with van der Waals surface area (Å²) in [6.07, 6.45) is 2.11. The van der Waals surface area contributed by atoms with E-state index in [1.54, 1.807) is 31.4 Å². The number of benzene rings is 2. The third kappa shape index (κ3) is 6.41. The van der Waals surface area contributed by atoms with Crippen LogP contribution in [0.3, 0.4) is 0 Å². The average Bonchev–Trinajstić information content (AvgIpc) is 2.77. The number of carbonyl (C=O) groups excluding carboxylic acids is 1. The number of phenolic OH excluding ortho intramolecular Hbond substituents is 1. The number of nitrogens with zero attached hydrogens (tertiary/aromatic N) is 2. The Balaban J connectivity index is 1.72. The average molecular weight is 439 g/mol. The van der Waals surface area contributed by atoms with E-state index in [0.29, 0.717) is 36.0 Å². The fourth-order valence-corrected chi connectivity index (χ4v) is 2.61. The van der Waals surface area contributed by atoms with Crippen molar-refractivity contribution in [3.63, 3.8) is 0 Å². The molecule has 1 heterocycles. The molecule has 0 atom stereocenters. The lowest BCUT2D eigenvalue weighted by Crippen LogP contribution is -2.08. The van der Waals surface area contributed by atoms with E-state index in [4.69, 9.17) is 9.47 Å². The van der Waals surface area contributed by atoms with E-state index >= 15 is 0 Å². The molecule has 32 heavy (non-hydrogen) atoms. The smallest absolute Gasteiger partial charge is 0.247 e. The highest BCUT2D eigenvalue weighted by Gasteiger charge is 2.10. The second kappa shape index (κ2) is 10.7. The molecule has 0 aliphatic carbocycles. The monoisotopic (exact) mass is 439 g/mol. The zero-order valence-corrected chi connectivity index (χ0v) is 17.3. The number of anilines is 5. The quantitative estimate of drug-likeness (QED) is 0.277. The first-order chi connectivity index (χ1) is 15.5. The molecular weight excluding hydrogens is 417 g/mol. The second-order valence-corrected chi connectivity index (χ2v) is 6.47. The Morgan fingerprint density at radius 2 is 1.88 bits per heavy atom. The Bertz CT molecular complexity index is 1090. The molecule has 0 spiro atoms. The Labute approximate surface area is 183 Å². The first kappa shape index (κ1) is 22.5. The topological polar surface area (TPSA) is 118 Å². The van der Waals surface area contributed by atoms with E-state index in [1.807, 2.05) is 0 Å². The van der Waals surface area contributed by atoms with E-state index < -0.39 is 11.7 Å². The molecule has 2 aromatic carbocycles. The summed E-state index contributed by atoms with van der Waals surface area (Å²) in [7, 11) is 1.60. The number of halogens is 1. The third-order valence-electron chi connectivity index (χ3n) is 4.04. The van der Waals surface area contributed by atoms with E-state index in [1.165, 1.54) is 18.2 Å². The van der Waals surface area contributed by atoms with Crippen LogP contribution in [-0.4, -0.2) is 41.3 Å². The fourth-order valence-electron chi connectivity index (χ4n) is 2.61. The molecular formula is C22H22FN5O4. The lowest BCUT2D eigenvalue weighted by Gasteiger charge is -2.12. The standard InChI is InChI=1S/C22H22FN5O4/c1-3-20(30)25-15-10-16(12-17(29)11-15)26-21-19(23)13-24-22(28-21)27-14-4-6-18(7-5-14)32-9-8-31-2/h3-7,10-13,29H,1,8-9H2,2H3,(H,25,30)(H2,24,26,27,28). The Morgan fingerprint density at radius 3 is 2.59 bits per heavy atom. The maximum Gasteiger partial charge on any atom is 0.247 e. The van der Waals surface area contributed by atoms with Crippen molar-refractivity contribution in [1.29, 1.82) is 0 Å². The summed E-state index contributed by atoms with van der Waals surface area (Å²) in [5, 5.41) is 18.2. The van der Waals surface area contributed by atoms with Crippen LogP contribution in [0.25, 0.3) is 0 Å². The molecule has 0 saturated heterocycles. The molecule has 0 fully saturated rings.